The van der Waals surface area contributed by atoms with Crippen LogP contribution in [0.1, 0.15) is 30.1 Å². The van der Waals surface area contributed by atoms with E-state index in [4.69, 9.17) is 5.11 Å². The topological polar surface area (TPSA) is 49.3 Å². The van der Waals surface area contributed by atoms with Gasteiger partial charge in [0.05, 0.1) is 5.56 Å². The summed E-state index contributed by atoms with van der Waals surface area (Å²) in [6.45, 7) is 2.87. The van der Waals surface area contributed by atoms with Crippen molar-refractivity contribution in [3.63, 3.8) is 0 Å². The molecule has 1 amide bonds. The van der Waals surface area contributed by atoms with Crippen LogP contribution in [0.25, 0.3) is 0 Å². The van der Waals surface area contributed by atoms with Crippen LogP contribution in [0.4, 0.5) is 0 Å². The Kier molecular flexibility index (Phi) is 8.46. The molecule has 0 aliphatic carbocycles. The molecule has 0 radical (unpaired) electrons. The Balaban J connectivity index is 2.55. The first kappa shape index (κ1) is 17.9. The van der Waals surface area contributed by atoms with Crippen LogP contribution in [0.2, 0.25) is 0 Å². The highest BCUT2D eigenvalue weighted by Crippen LogP contribution is 2.22. The first-order valence-corrected chi connectivity index (χ1v) is 9.23. The molecule has 106 valence electrons. The molecule has 0 fully saturated rings. The van der Waals surface area contributed by atoms with E-state index in [1.54, 1.807) is 0 Å². The summed E-state index contributed by atoms with van der Waals surface area (Å²) in [5.74, 6) is 0.285. The smallest absolute Gasteiger partial charge is 0.252 e. The predicted octanol–water partition coefficient (Wildman–Crippen LogP) is 3.64. The maximum Gasteiger partial charge on any atom is 0.252 e. The molecule has 0 saturated carbocycles. The van der Waals surface area contributed by atoms with E-state index in [1.807, 2.05) is 13.0 Å². The number of carbonyl (C=O) groups excluding carboxylic acids is 1. The Hall–Kier alpha value is 0.840. The van der Waals surface area contributed by atoms with Crippen LogP contribution in [0.15, 0.2) is 12.1 Å². The highest BCUT2D eigenvalue weighted by Gasteiger charge is 2.13. The molecular weight excluding hydrogens is 583 g/mol. The van der Waals surface area contributed by atoms with Crippen molar-refractivity contribution in [2.24, 2.45) is 5.92 Å². The molecule has 1 atom stereocenters. The molecule has 2 N–H and O–H groups in total. The summed E-state index contributed by atoms with van der Waals surface area (Å²) in [5.41, 5.74) is 0.743. The Morgan fingerprint density at radius 2 is 2.05 bits per heavy atom. The van der Waals surface area contributed by atoms with Gasteiger partial charge in [0, 0.05) is 23.9 Å². The van der Waals surface area contributed by atoms with Crippen molar-refractivity contribution in [3.05, 3.63) is 28.4 Å². The van der Waals surface area contributed by atoms with Gasteiger partial charge < -0.3 is 10.4 Å². The summed E-state index contributed by atoms with van der Waals surface area (Å²) in [7, 11) is 0. The van der Waals surface area contributed by atoms with Gasteiger partial charge in [0.1, 0.15) is 0 Å². The Labute approximate surface area is 154 Å². The van der Waals surface area contributed by atoms with Crippen LogP contribution >= 0.6 is 67.8 Å². The zero-order valence-corrected chi connectivity index (χ0v) is 17.0. The summed E-state index contributed by atoms with van der Waals surface area (Å²) < 4.78 is 3.17. The highest BCUT2D eigenvalue weighted by molar-refractivity contribution is 14.1. The van der Waals surface area contributed by atoms with Gasteiger partial charge in [-0.3, -0.25) is 4.79 Å². The van der Waals surface area contributed by atoms with Gasteiger partial charge in [-0.15, -0.1) is 0 Å². The quantitative estimate of drug-likeness (QED) is 0.299. The zero-order chi connectivity index (χ0) is 14.4. The molecule has 1 rings (SSSR count). The summed E-state index contributed by atoms with van der Waals surface area (Å²) in [4.78, 5) is 12.1. The van der Waals surface area contributed by atoms with Crippen molar-refractivity contribution in [1.82, 2.24) is 5.32 Å². The van der Waals surface area contributed by atoms with Crippen LogP contribution in [0.3, 0.4) is 0 Å². The Morgan fingerprint density at radius 1 is 1.37 bits per heavy atom. The molecule has 0 saturated heterocycles. The normalized spacial score (nSPS) is 12.3. The zero-order valence-electron chi connectivity index (χ0n) is 10.5. The first-order chi connectivity index (χ1) is 8.95. The summed E-state index contributed by atoms with van der Waals surface area (Å²) in [5, 5.41) is 11.9. The fourth-order valence-corrected chi connectivity index (χ4v) is 3.96. The van der Waals surface area contributed by atoms with Gasteiger partial charge in [0.15, 0.2) is 0 Å². The maximum absolute atomic E-state index is 12.1. The van der Waals surface area contributed by atoms with E-state index in [0.29, 0.717) is 12.5 Å². The third-order valence-electron chi connectivity index (χ3n) is 2.71. The number of aliphatic hydroxyl groups is 1. The number of halogens is 3. The minimum Gasteiger partial charge on any atom is -0.396 e. The highest BCUT2D eigenvalue weighted by atomic mass is 127. The summed E-state index contributed by atoms with van der Waals surface area (Å²) in [6.07, 6.45) is 1.82. The minimum absolute atomic E-state index is 0.0162. The van der Waals surface area contributed by atoms with Gasteiger partial charge >= 0.3 is 0 Å². The van der Waals surface area contributed by atoms with Crippen LogP contribution < -0.4 is 5.32 Å². The average Bonchev–Trinajstić information content (AvgIpc) is 2.38. The third kappa shape index (κ3) is 6.00. The lowest BCUT2D eigenvalue weighted by Gasteiger charge is -2.10. The molecule has 1 aromatic carbocycles. The Morgan fingerprint density at radius 3 is 2.68 bits per heavy atom. The van der Waals surface area contributed by atoms with E-state index in [1.165, 1.54) is 0 Å². The molecule has 0 heterocycles. The Bertz CT molecular complexity index is 452. The lowest BCUT2D eigenvalue weighted by molar-refractivity contribution is 0.0951. The van der Waals surface area contributed by atoms with E-state index in [2.05, 4.69) is 79.2 Å². The van der Waals surface area contributed by atoms with Gasteiger partial charge in [-0.05, 0) is 98.7 Å². The molecule has 0 aromatic heterocycles. The van der Waals surface area contributed by atoms with E-state index >= 15 is 0 Å². The van der Waals surface area contributed by atoms with Crippen molar-refractivity contribution in [1.29, 1.82) is 0 Å². The fraction of sp³-hybridized carbons (Fsp3) is 0.462. The van der Waals surface area contributed by atoms with Crippen molar-refractivity contribution in [3.8, 4) is 0 Å². The van der Waals surface area contributed by atoms with E-state index in [0.717, 1.165) is 29.1 Å². The van der Waals surface area contributed by atoms with Crippen LogP contribution in [-0.4, -0.2) is 24.2 Å². The molecular formula is C13H16I3NO2. The molecule has 0 aliphatic rings. The van der Waals surface area contributed by atoms with Gasteiger partial charge in [-0.1, -0.05) is 6.92 Å². The van der Waals surface area contributed by atoms with Crippen LogP contribution in [0.5, 0.6) is 0 Å². The van der Waals surface area contributed by atoms with Gasteiger partial charge in [-0.25, -0.2) is 0 Å². The van der Waals surface area contributed by atoms with Crippen LogP contribution in [0, 0.1) is 16.6 Å². The molecule has 0 spiro atoms. The second-order valence-corrected chi connectivity index (χ2v) is 7.92. The maximum atomic E-state index is 12.1. The van der Waals surface area contributed by atoms with Crippen LogP contribution in [-0.2, 0) is 0 Å². The van der Waals surface area contributed by atoms with E-state index in [9.17, 15) is 4.79 Å². The predicted molar refractivity (Wildman–Crippen MR) is 102 cm³/mol. The number of carbonyl (C=O) groups is 1. The van der Waals surface area contributed by atoms with Crippen molar-refractivity contribution >= 4 is 73.7 Å². The molecule has 1 aromatic rings. The monoisotopic (exact) mass is 599 g/mol. The van der Waals surface area contributed by atoms with Crippen molar-refractivity contribution in [2.75, 3.05) is 13.2 Å². The number of nitrogens with one attached hydrogen (secondary N) is 1. The molecule has 1 unspecified atom stereocenters. The van der Waals surface area contributed by atoms with Gasteiger partial charge in [0.2, 0.25) is 0 Å². The second-order valence-electron chi connectivity index (χ2n) is 4.44. The standard InChI is InChI=1S/C13H16I3NO2/c1-8(7-18)3-2-4-17-13(19)10-5-9(14)6-11(15)12(10)16/h5-6,8,18H,2-4,7H2,1H3,(H,17,19). The summed E-state index contributed by atoms with van der Waals surface area (Å²) in [6, 6.07) is 3.97. The number of hydrogen-bond donors (Lipinski definition) is 2. The number of amides is 1. The van der Waals surface area contributed by atoms with Crippen molar-refractivity contribution in [2.45, 2.75) is 19.8 Å². The third-order valence-corrected chi connectivity index (χ3v) is 6.38. The lowest BCUT2D eigenvalue weighted by atomic mass is 10.1. The summed E-state index contributed by atoms with van der Waals surface area (Å²) >= 11 is 6.68. The largest absolute Gasteiger partial charge is 0.396 e. The fourth-order valence-electron chi connectivity index (χ4n) is 1.56. The average molecular weight is 599 g/mol. The number of rotatable bonds is 6. The number of benzene rings is 1. The molecule has 3 nitrogen and oxygen atoms in total. The SMILES string of the molecule is CC(CO)CCCNC(=O)c1cc(I)cc(I)c1I. The second kappa shape index (κ2) is 8.98. The first-order valence-electron chi connectivity index (χ1n) is 5.99. The lowest BCUT2D eigenvalue weighted by Crippen LogP contribution is -2.26. The van der Waals surface area contributed by atoms with Crippen molar-refractivity contribution < 1.29 is 9.90 Å². The van der Waals surface area contributed by atoms with Gasteiger partial charge in [-0.2, -0.15) is 0 Å². The van der Waals surface area contributed by atoms with E-state index < -0.39 is 0 Å². The molecule has 0 aliphatic heterocycles. The minimum atomic E-state index is -0.0162. The molecule has 6 heteroatoms. The number of hydrogen-bond acceptors (Lipinski definition) is 2. The molecule has 0 bridgehead atoms. The number of aliphatic hydroxyl groups excluding tert-OH is 1. The van der Waals surface area contributed by atoms with E-state index in [-0.39, 0.29) is 12.5 Å². The molecule has 19 heavy (non-hydrogen) atoms. The van der Waals surface area contributed by atoms with Gasteiger partial charge in [0.25, 0.3) is 5.91 Å².